The summed E-state index contributed by atoms with van der Waals surface area (Å²) in [5.41, 5.74) is 4.17. The van der Waals surface area contributed by atoms with Gasteiger partial charge in [0.15, 0.2) is 0 Å². The van der Waals surface area contributed by atoms with Crippen LogP contribution in [0.1, 0.15) is 36.8 Å². The molecule has 0 N–H and O–H groups in total. The van der Waals surface area contributed by atoms with E-state index in [1.807, 2.05) is 12.1 Å². The van der Waals surface area contributed by atoms with Crippen LogP contribution in [0.4, 0.5) is 0 Å². The molecule has 1 saturated carbocycles. The van der Waals surface area contributed by atoms with Gasteiger partial charge in [-0.2, -0.15) is 0 Å². The lowest BCUT2D eigenvalue weighted by Crippen LogP contribution is -2.34. The predicted molar refractivity (Wildman–Crippen MR) is 103 cm³/mol. The standard InChI is InChI=1S/C22H24ClNO/c1-15-14-24(19-9-10-19)21(13-16-3-11-20(25-2)12-4-16)22(15)17-5-7-18(23)8-6-17/h3-8,11-12,14,19,21-22H,9-10,13H2,1-2H3. The summed E-state index contributed by atoms with van der Waals surface area (Å²) in [6, 6.07) is 18.1. The molecule has 0 spiro atoms. The first kappa shape index (κ1) is 16.5. The molecule has 3 heteroatoms. The van der Waals surface area contributed by atoms with Gasteiger partial charge < -0.3 is 9.64 Å². The van der Waals surface area contributed by atoms with Crippen molar-refractivity contribution in [3.8, 4) is 5.75 Å². The fourth-order valence-electron chi connectivity index (χ4n) is 4.02. The second-order valence-corrected chi connectivity index (χ2v) is 7.64. The van der Waals surface area contributed by atoms with E-state index in [4.69, 9.17) is 16.3 Å². The summed E-state index contributed by atoms with van der Waals surface area (Å²) in [5.74, 6) is 1.35. The Bertz CT molecular complexity index is 762. The normalized spacial score (nSPS) is 22.8. The SMILES string of the molecule is COc1ccc(CC2C(c3ccc(Cl)cc3)C(C)=CN2C2CC2)cc1. The van der Waals surface area contributed by atoms with Gasteiger partial charge in [0.1, 0.15) is 5.75 Å². The minimum atomic E-state index is 0.431. The van der Waals surface area contributed by atoms with Gasteiger partial charge in [-0.3, -0.25) is 0 Å². The highest BCUT2D eigenvalue weighted by Gasteiger charge is 2.41. The number of benzene rings is 2. The zero-order chi connectivity index (χ0) is 17.4. The molecule has 2 aromatic carbocycles. The summed E-state index contributed by atoms with van der Waals surface area (Å²) in [7, 11) is 1.71. The number of nitrogens with zero attached hydrogens (tertiary/aromatic N) is 1. The smallest absolute Gasteiger partial charge is 0.118 e. The van der Waals surface area contributed by atoms with Gasteiger partial charge in [-0.05, 0) is 73.4 Å². The Labute approximate surface area is 155 Å². The number of hydrogen-bond acceptors (Lipinski definition) is 2. The van der Waals surface area contributed by atoms with Crippen molar-refractivity contribution in [1.29, 1.82) is 0 Å². The van der Waals surface area contributed by atoms with Gasteiger partial charge in [-0.15, -0.1) is 0 Å². The van der Waals surface area contributed by atoms with Gasteiger partial charge in [0.05, 0.1) is 7.11 Å². The Morgan fingerprint density at radius 2 is 1.72 bits per heavy atom. The second-order valence-electron chi connectivity index (χ2n) is 7.20. The lowest BCUT2D eigenvalue weighted by atomic mass is 9.85. The van der Waals surface area contributed by atoms with Gasteiger partial charge in [-0.1, -0.05) is 35.9 Å². The average Bonchev–Trinajstić information content (AvgIpc) is 3.42. The van der Waals surface area contributed by atoms with Crippen LogP contribution in [0.25, 0.3) is 0 Å². The van der Waals surface area contributed by atoms with Crippen LogP contribution in [-0.2, 0) is 6.42 Å². The Morgan fingerprint density at radius 1 is 1.04 bits per heavy atom. The van der Waals surface area contributed by atoms with E-state index in [0.717, 1.165) is 23.2 Å². The van der Waals surface area contributed by atoms with Gasteiger partial charge in [-0.25, -0.2) is 0 Å². The van der Waals surface area contributed by atoms with Crippen LogP contribution in [0.2, 0.25) is 5.02 Å². The van der Waals surface area contributed by atoms with E-state index in [0.29, 0.717) is 12.0 Å². The maximum absolute atomic E-state index is 6.10. The molecule has 130 valence electrons. The van der Waals surface area contributed by atoms with E-state index < -0.39 is 0 Å². The Balaban J connectivity index is 1.63. The van der Waals surface area contributed by atoms with Crippen molar-refractivity contribution in [3.05, 3.63) is 76.5 Å². The van der Waals surface area contributed by atoms with Crippen molar-refractivity contribution >= 4 is 11.6 Å². The van der Waals surface area contributed by atoms with Crippen molar-refractivity contribution in [2.24, 2.45) is 0 Å². The molecule has 25 heavy (non-hydrogen) atoms. The molecular formula is C22H24ClNO. The molecule has 0 radical (unpaired) electrons. The summed E-state index contributed by atoms with van der Waals surface area (Å²) in [4.78, 5) is 2.61. The van der Waals surface area contributed by atoms with E-state index in [9.17, 15) is 0 Å². The molecule has 1 aliphatic heterocycles. The molecule has 0 amide bonds. The van der Waals surface area contributed by atoms with Crippen LogP contribution in [0.3, 0.4) is 0 Å². The summed E-state index contributed by atoms with van der Waals surface area (Å²) in [6.45, 7) is 2.27. The van der Waals surface area contributed by atoms with Gasteiger partial charge in [0.2, 0.25) is 0 Å². The molecule has 2 aromatic rings. The molecule has 1 fully saturated rings. The van der Waals surface area contributed by atoms with Crippen molar-refractivity contribution < 1.29 is 4.74 Å². The van der Waals surface area contributed by atoms with Crippen LogP contribution in [0.15, 0.2) is 60.3 Å². The molecule has 2 atom stereocenters. The van der Waals surface area contributed by atoms with Crippen molar-refractivity contribution in [2.45, 2.75) is 44.2 Å². The van der Waals surface area contributed by atoms with Gasteiger partial charge in [0.25, 0.3) is 0 Å². The highest BCUT2D eigenvalue weighted by Crippen LogP contribution is 2.44. The van der Waals surface area contributed by atoms with Crippen molar-refractivity contribution in [2.75, 3.05) is 7.11 Å². The Kier molecular flexibility index (Phi) is 4.47. The first-order valence-electron chi connectivity index (χ1n) is 9.00. The third-order valence-corrected chi connectivity index (χ3v) is 5.66. The molecule has 4 rings (SSSR count). The van der Waals surface area contributed by atoms with Gasteiger partial charge >= 0.3 is 0 Å². The van der Waals surface area contributed by atoms with Crippen LogP contribution in [0.5, 0.6) is 5.75 Å². The third kappa shape index (κ3) is 3.41. The van der Waals surface area contributed by atoms with E-state index in [-0.39, 0.29) is 0 Å². The lowest BCUT2D eigenvalue weighted by Gasteiger charge is -2.31. The molecule has 2 nitrogen and oxygen atoms in total. The topological polar surface area (TPSA) is 12.5 Å². The zero-order valence-corrected chi connectivity index (χ0v) is 15.5. The van der Waals surface area contributed by atoms with Crippen molar-refractivity contribution in [1.82, 2.24) is 4.90 Å². The molecule has 0 bridgehead atoms. The highest BCUT2D eigenvalue weighted by molar-refractivity contribution is 6.30. The maximum atomic E-state index is 6.10. The first-order chi connectivity index (χ1) is 12.2. The lowest BCUT2D eigenvalue weighted by molar-refractivity contribution is 0.270. The predicted octanol–water partition coefficient (Wildman–Crippen LogP) is 5.43. The van der Waals surface area contributed by atoms with E-state index in [2.05, 4.69) is 54.4 Å². The Hall–Kier alpha value is -1.93. The monoisotopic (exact) mass is 353 g/mol. The second kappa shape index (κ2) is 6.76. The van der Waals surface area contributed by atoms with Crippen LogP contribution >= 0.6 is 11.6 Å². The summed E-state index contributed by atoms with van der Waals surface area (Å²) < 4.78 is 5.29. The highest BCUT2D eigenvalue weighted by atomic mass is 35.5. The average molecular weight is 354 g/mol. The largest absolute Gasteiger partial charge is 0.497 e. The molecular weight excluding hydrogens is 330 g/mol. The maximum Gasteiger partial charge on any atom is 0.118 e. The fraction of sp³-hybridized carbons (Fsp3) is 0.364. The number of methoxy groups -OCH3 is 1. The molecule has 2 unspecified atom stereocenters. The summed E-state index contributed by atoms with van der Waals surface area (Å²) in [5, 5.41) is 0.800. The van der Waals surface area contributed by atoms with E-state index >= 15 is 0 Å². The van der Waals surface area contributed by atoms with Gasteiger partial charge in [0, 0.05) is 23.0 Å². The quantitative estimate of drug-likeness (QED) is 0.711. The number of rotatable bonds is 5. The zero-order valence-electron chi connectivity index (χ0n) is 14.8. The Morgan fingerprint density at radius 3 is 2.32 bits per heavy atom. The van der Waals surface area contributed by atoms with E-state index in [1.165, 1.54) is 29.5 Å². The van der Waals surface area contributed by atoms with Crippen LogP contribution in [-0.4, -0.2) is 24.1 Å². The minimum absolute atomic E-state index is 0.431. The number of ether oxygens (including phenoxy) is 1. The molecule has 1 heterocycles. The third-order valence-electron chi connectivity index (χ3n) is 5.41. The molecule has 2 aliphatic rings. The number of hydrogen-bond donors (Lipinski definition) is 0. The first-order valence-corrected chi connectivity index (χ1v) is 9.37. The van der Waals surface area contributed by atoms with Crippen LogP contribution < -0.4 is 4.74 Å². The fourth-order valence-corrected chi connectivity index (χ4v) is 4.14. The molecule has 0 saturated heterocycles. The van der Waals surface area contributed by atoms with E-state index in [1.54, 1.807) is 7.11 Å². The summed E-state index contributed by atoms with van der Waals surface area (Å²) >= 11 is 6.10. The summed E-state index contributed by atoms with van der Waals surface area (Å²) in [6.07, 6.45) is 6.07. The minimum Gasteiger partial charge on any atom is -0.497 e. The molecule has 0 aromatic heterocycles. The molecule has 1 aliphatic carbocycles. The van der Waals surface area contributed by atoms with Crippen LogP contribution in [0, 0.1) is 0 Å². The number of halogens is 1. The van der Waals surface area contributed by atoms with Crippen molar-refractivity contribution in [3.63, 3.8) is 0 Å².